The Morgan fingerprint density at radius 3 is 2.26 bits per heavy atom. The summed E-state index contributed by atoms with van der Waals surface area (Å²) in [6, 6.07) is 14.1. The van der Waals surface area contributed by atoms with E-state index in [-0.39, 0.29) is 5.91 Å². The highest BCUT2D eigenvalue weighted by molar-refractivity contribution is 7.12. The monoisotopic (exact) mass is 545 g/mol. The number of rotatable bonds is 4. The van der Waals surface area contributed by atoms with Crippen LogP contribution in [-0.2, 0) is 4.79 Å². The Balaban J connectivity index is 0.000000374. The number of piperazine rings is 1. The molecule has 2 N–H and O–H groups in total. The summed E-state index contributed by atoms with van der Waals surface area (Å²) in [4.78, 5) is 35.8. The van der Waals surface area contributed by atoms with Gasteiger partial charge in [0.25, 0.3) is 5.91 Å². The zero-order valence-electron chi connectivity index (χ0n) is 19.9. The largest absolute Gasteiger partial charge is 0.490 e. The van der Waals surface area contributed by atoms with Crippen LogP contribution in [0.3, 0.4) is 0 Å². The smallest absolute Gasteiger partial charge is 0.475 e. The van der Waals surface area contributed by atoms with Crippen molar-refractivity contribution in [2.75, 3.05) is 36.4 Å². The molecule has 2 aliphatic rings. The molecule has 1 aliphatic heterocycles. The van der Waals surface area contributed by atoms with Gasteiger partial charge < -0.3 is 20.2 Å². The Bertz CT molecular complexity index is 1480. The number of hydrogen-bond acceptors (Lipinski definition) is 9. The molecule has 0 radical (unpaired) electrons. The van der Waals surface area contributed by atoms with Crippen molar-refractivity contribution in [3.05, 3.63) is 48.0 Å². The summed E-state index contributed by atoms with van der Waals surface area (Å²) in [6.45, 7) is 2.73. The number of benzene rings is 2. The lowest BCUT2D eigenvalue weighted by atomic mass is 10.1. The van der Waals surface area contributed by atoms with Gasteiger partial charge in [0.1, 0.15) is 5.52 Å². The maximum absolute atomic E-state index is 13.0. The zero-order valence-corrected chi connectivity index (χ0v) is 20.7. The number of anilines is 2. The Labute approximate surface area is 218 Å². The van der Waals surface area contributed by atoms with E-state index in [4.69, 9.17) is 19.9 Å². The summed E-state index contributed by atoms with van der Waals surface area (Å²) < 4.78 is 36.7. The maximum atomic E-state index is 13.0. The van der Waals surface area contributed by atoms with Crippen LogP contribution in [-0.4, -0.2) is 79.8 Å². The molecule has 38 heavy (non-hydrogen) atoms. The molecular formula is C24H22F3N7O3S. The number of nitrogens with one attached hydrogen (secondary N) is 1. The SMILES string of the molecule is O=C(O)C(F)(F)F.O=C(c1ccc2snnc2c1)N1CCN(c2nc3ccccc3nc2NC2CC2)CC1. The van der Waals surface area contributed by atoms with Crippen molar-refractivity contribution in [3.8, 4) is 0 Å². The highest BCUT2D eigenvalue weighted by Gasteiger charge is 2.38. The van der Waals surface area contributed by atoms with Gasteiger partial charge in [-0.25, -0.2) is 14.8 Å². The average molecular weight is 546 g/mol. The molecule has 6 rings (SSSR count). The lowest BCUT2D eigenvalue weighted by Gasteiger charge is -2.36. The summed E-state index contributed by atoms with van der Waals surface area (Å²) in [5, 5.41) is 14.8. The topological polar surface area (TPSA) is 124 Å². The first-order chi connectivity index (χ1) is 18.2. The molecule has 0 unspecified atom stereocenters. The molecule has 198 valence electrons. The number of carboxylic acid groups (broad SMARTS) is 1. The highest BCUT2D eigenvalue weighted by atomic mass is 32.1. The van der Waals surface area contributed by atoms with Gasteiger partial charge in [-0.05, 0) is 54.7 Å². The van der Waals surface area contributed by atoms with Crippen LogP contribution in [0.15, 0.2) is 42.5 Å². The fourth-order valence-electron chi connectivity index (χ4n) is 3.95. The number of amides is 1. The fraction of sp³-hybridized carbons (Fsp3) is 0.333. The third-order valence-electron chi connectivity index (χ3n) is 6.07. The lowest BCUT2D eigenvalue weighted by molar-refractivity contribution is -0.192. The van der Waals surface area contributed by atoms with E-state index >= 15 is 0 Å². The summed E-state index contributed by atoms with van der Waals surface area (Å²) in [7, 11) is 0. The Morgan fingerprint density at radius 2 is 1.63 bits per heavy atom. The minimum atomic E-state index is -5.08. The van der Waals surface area contributed by atoms with Crippen molar-refractivity contribution in [2.45, 2.75) is 25.1 Å². The molecule has 1 aliphatic carbocycles. The van der Waals surface area contributed by atoms with Gasteiger partial charge in [0, 0.05) is 37.8 Å². The molecule has 1 saturated carbocycles. The van der Waals surface area contributed by atoms with Gasteiger partial charge in [0.05, 0.1) is 15.7 Å². The minimum Gasteiger partial charge on any atom is -0.475 e. The number of aliphatic carboxylic acids is 1. The van der Waals surface area contributed by atoms with Gasteiger partial charge in [-0.1, -0.05) is 16.6 Å². The van der Waals surface area contributed by atoms with Crippen LogP contribution in [0.2, 0.25) is 0 Å². The van der Waals surface area contributed by atoms with Gasteiger partial charge in [-0.2, -0.15) is 13.2 Å². The standard InChI is InChI=1S/C22H21N7OS.C2HF3O2/c30-22(14-5-8-19-18(13-14)26-27-31-19)29-11-9-28(10-12-29)21-20(23-15-6-7-15)24-16-3-1-2-4-17(16)25-21;3-2(4,5)1(6)7/h1-5,8,13,15H,6-7,9-12H2,(H,23,24);(H,6,7). The van der Waals surface area contributed by atoms with Crippen LogP contribution < -0.4 is 10.2 Å². The molecule has 2 fully saturated rings. The van der Waals surface area contributed by atoms with Crippen LogP contribution in [0, 0.1) is 0 Å². The Kier molecular flexibility index (Phi) is 6.97. The normalized spacial score (nSPS) is 15.8. The van der Waals surface area contributed by atoms with Crippen molar-refractivity contribution in [1.82, 2.24) is 24.5 Å². The number of aromatic nitrogens is 4. The van der Waals surface area contributed by atoms with Crippen LogP contribution in [0.1, 0.15) is 23.2 Å². The number of carbonyl (C=O) groups excluding carboxylic acids is 1. The van der Waals surface area contributed by atoms with E-state index in [1.54, 1.807) is 0 Å². The number of alkyl halides is 3. The van der Waals surface area contributed by atoms with Crippen molar-refractivity contribution < 1.29 is 27.9 Å². The maximum Gasteiger partial charge on any atom is 0.490 e. The van der Waals surface area contributed by atoms with E-state index in [0.29, 0.717) is 24.7 Å². The third kappa shape index (κ3) is 5.74. The number of carbonyl (C=O) groups is 2. The molecule has 2 aromatic heterocycles. The van der Waals surface area contributed by atoms with Gasteiger partial charge >= 0.3 is 12.1 Å². The second kappa shape index (κ2) is 10.4. The minimum absolute atomic E-state index is 0.0375. The molecule has 0 atom stereocenters. The highest BCUT2D eigenvalue weighted by Crippen LogP contribution is 2.31. The molecule has 1 saturated heterocycles. The Morgan fingerprint density at radius 1 is 0.974 bits per heavy atom. The summed E-state index contributed by atoms with van der Waals surface area (Å²) in [5.74, 6) is -0.988. The number of hydrogen-bond donors (Lipinski definition) is 2. The van der Waals surface area contributed by atoms with Crippen LogP contribution in [0.4, 0.5) is 24.8 Å². The molecule has 4 aromatic rings. The number of carboxylic acids is 1. The van der Waals surface area contributed by atoms with Gasteiger partial charge in [-0.3, -0.25) is 4.79 Å². The third-order valence-corrected chi connectivity index (χ3v) is 6.78. The number of halogens is 3. The van der Waals surface area contributed by atoms with Crippen LogP contribution in [0.25, 0.3) is 21.3 Å². The van der Waals surface area contributed by atoms with Gasteiger partial charge in [-0.15, -0.1) is 5.10 Å². The quantitative estimate of drug-likeness (QED) is 0.394. The van der Waals surface area contributed by atoms with Gasteiger partial charge in [0.15, 0.2) is 11.6 Å². The predicted octanol–water partition coefficient (Wildman–Crippen LogP) is 3.80. The lowest BCUT2D eigenvalue weighted by Crippen LogP contribution is -2.49. The predicted molar refractivity (Wildman–Crippen MR) is 135 cm³/mol. The number of nitrogens with zero attached hydrogens (tertiary/aromatic N) is 6. The molecule has 1 amide bonds. The molecule has 14 heteroatoms. The fourth-order valence-corrected chi connectivity index (χ4v) is 4.49. The second-order valence-corrected chi connectivity index (χ2v) is 9.63. The van der Waals surface area contributed by atoms with Crippen molar-refractivity contribution in [1.29, 1.82) is 0 Å². The summed E-state index contributed by atoms with van der Waals surface area (Å²) >= 11 is 1.34. The second-order valence-electron chi connectivity index (χ2n) is 8.84. The molecular weight excluding hydrogens is 523 g/mol. The first-order valence-corrected chi connectivity index (χ1v) is 12.6. The van der Waals surface area contributed by atoms with Crippen LogP contribution >= 0.6 is 11.5 Å². The van der Waals surface area contributed by atoms with E-state index < -0.39 is 12.1 Å². The van der Waals surface area contributed by atoms with Crippen molar-refractivity contribution in [2.24, 2.45) is 0 Å². The van der Waals surface area contributed by atoms with Crippen molar-refractivity contribution >= 4 is 56.3 Å². The molecule has 0 spiro atoms. The molecule has 3 heterocycles. The van der Waals surface area contributed by atoms with E-state index in [1.165, 1.54) is 24.4 Å². The molecule has 2 aromatic carbocycles. The van der Waals surface area contributed by atoms with E-state index in [0.717, 1.165) is 46.0 Å². The first kappa shape index (κ1) is 25.6. The molecule has 0 bridgehead atoms. The molecule has 10 nitrogen and oxygen atoms in total. The summed E-state index contributed by atoms with van der Waals surface area (Å²) in [5.41, 5.74) is 3.23. The van der Waals surface area contributed by atoms with E-state index in [2.05, 4.69) is 19.8 Å². The number of para-hydroxylation sites is 2. The first-order valence-electron chi connectivity index (χ1n) is 11.8. The van der Waals surface area contributed by atoms with Crippen LogP contribution in [0.5, 0.6) is 0 Å². The average Bonchev–Trinajstić information content (AvgIpc) is 3.60. The zero-order chi connectivity index (χ0) is 26.9. The van der Waals surface area contributed by atoms with E-state index in [9.17, 15) is 18.0 Å². The van der Waals surface area contributed by atoms with E-state index in [1.807, 2.05) is 47.4 Å². The summed E-state index contributed by atoms with van der Waals surface area (Å²) in [6.07, 6.45) is -2.73. The van der Waals surface area contributed by atoms with Crippen molar-refractivity contribution in [3.63, 3.8) is 0 Å². The number of fused-ring (bicyclic) bond motifs is 2. The van der Waals surface area contributed by atoms with Gasteiger partial charge in [0.2, 0.25) is 0 Å². The Hall–Kier alpha value is -4.07.